The highest BCUT2D eigenvalue weighted by molar-refractivity contribution is 6.07. The summed E-state index contributed by atoms with van der Waals surface area (Å²) in [7, 11) is 4.77. The predicted octanol–water partition coefficient (Wildman–Crippen LogP) is 3.98. The van der Waals surface area contributed by atoms with E-state index in [9.17, 15) is 4.79 Å². The lowest BCUT2D eigenvalue weighted by Crippen LogP contribution is -2.37. The Balaban J connectivity index is 1.88. The number of ketones is 1. The summed E-state index contributed by atoms with van der Waals surface area (Å²) in [6.45, 7) is 1.01. The molecule has 2 aromatic rings. The van der Waals surface area contributed by atoms with Crippen molar-refractivity contribution < 1.29 is 19.0 Å². The number of rotatable bonds is 7. The Morgan fingerprint density at radius 2 is 1.71 bits per heavy atom. The number of carbonyl (C=O) groups excluding carboxylic acids is 1. The van der Waals surface area contributed by atoms with Crippen LogP contribution in [0.5, 0.6) is 17.2 Å². The van der Waals surface area contributed by atoms with E-state index in [2.05, 4.69) is 4.99 Å². The van der Waals surface area contributed by atoms with Crippen molar-refractivity contribution >= 4 is 17.3 Å². The zero-order valence-electron chi connectivity index (χ0n) is 16.6. The molecule has 0 unspecified atom stereocenters. The van der Waals surface area contributed by atoms with Gasteiger partial charge in [-0.25, -0.2) is 0 Å². The monoisotopic (exact) mass is 382 g/mol. The molecule has 6 heteroatoms. The van der Waals surface area contributed by atoms with E-state index >= 15 is 0 Å². The molecule has 3 rings (SSSR count). The fourth-order valence-corrected chi connectivity index (χ4v) is 3.24. The van der Waals surface area contributed by atoms with Gasteiger partial charge in [0, 0.05) is 24.2 Å². The van der Waals surface area contributed by atoms with Crippen LogP contribution in [0.4, 0.5) is 5.69 Å². The molecule has 0 saturated heterocycles. The fraction of sp³-hybridized carbons (Fsp3) is 0.364. The molecular weight excluding hydrogens is 356 g/mol. The quantitative estimate of drug-likeness (QED) is 0.678. The van der Waals surface area contributed by atoms with Gasteiger partial charge in [0.05, 0.1) is 27.9 Å². The zero-order chi connectivity index (χ0) is 19.9. The maximum Gasteiger partial charge on any atom is 0.182 e. The molecule has 0 amide bonds. The first kappa shape index (κ1) is 19.7. The summed E-state index contributed by atoms with van der Waals surface area (Å²) in [5.41, 5.74) is 1.50. The van der Waals surface area contributed by atoms with Crippen LogP contribution in [0.2, 0.25) is 0 Å². The number of hydrogen-bond donors (Lipinski definition) is 0. The van der Waals surface area contributed by atoms with Gasteiger partial charge in [-0.15, -0.1) is 0 Å². The van der Waals surface area contributed by atoms with E-state index in [-0.39, 0.29) is 12.3 Å². The average molecular weight is 382 g/mol. The van der Waals surface area contributed by atoms with E-state index in [0.29, 0.717) is 17.1 Å². The van der Waals surface area contributed by atoms with Gasteiger partial charge in [0.1, 0.15) is 11.6 Å². The Morgan fingerprint density at radius 3 is 2.32 bits per heavy atom. The molecule has 0 aliphatic carbocycles. The van der Waals surface area contributed by atoms with E-state index in [4.69, 9.17) is 14.2 Å². The number of aliphatic imine (C=N–C) groups is 1. The lowest BCUT2D eigenvalue weighted by Gasteiger charge is -2.28. The maximum atomic E-state index is 13.0. The third-order valence-electron chi connectivity index (χ3n) is 4.81. The van der Waals surface area contributed by atoms with E-state index in [1.807, 2.05) is 29.2 Å². The summed E-state index contributed by atoms with van der Waals surface area (Å²) < 4.78 is 15.8. The maximum absolute atomic E-state index is 13.0. The van der Waals surface area contributed by atoms with Crippen LogP contribution in [0.3, 0.4) is 0 Å². The lowest BCUT2D eigenvalue weighted by molar-refractivity contribution is 0.100. The summed E-state index contributed by atoms with van der Waals surface area (Å²) in [4.78, 5) is 19.7. The number of ether oxygens (including phenoxy) is 3. The summed E-state index contributed by atoms with van der Waals surface area (Å²) in [5, 5.41) is 0. The van der Waals surface area contributed by atoms with Gasteiger partial charge in [0.25, 0.3) is 0 Å². The Morgan fingerprint density at radius 1 is 0.964 bits per heavy atom. The van der Waals surface area contributed by atoms with Gasteiger partial charge in [-0.05, 0) is 55.3 Å². The summed E-state index contributed by atoms with van der Waals surface area (Å²) in [5.74, 6) is 2.86. The van der Waals surface area contributed by atoms with Crippen molar-refractivity contribution in [3.8, 4) is 17.2 Å². The van der Waals surface area contributed by atoms with Gasteiger partial charge in [0.2, 0.25) is 0 Å². The van der Waals surface area contributed by atoms with Crippen molar-refractivity contribution in [2.45, 2.75) is 19.3 Å². The summed E-state index contributed by atoms with van der Waals surface area (Å²) in [6, 6.07) is 12.9. The second-order valence-electron chi connectivity index (χ2n) is 6.53. The Hall–Kier alpha value is -3.02. The first-order chi connectivity index (χ1) is 13.7. The van der Waals surface area contributed by atoms with Crippen molar-refractivity contribution in [3.63, 3.8) is 0 Å². The molecule has 2 aromatic carbocycles. The summed E-state index contributed by atoms with van der Waals surface area (Å²) in [6.07, 6.45) is 3.03. The topological polar surface area (TPSA) is 60.4 Å². The molecule has 0 fully saturated rings. The second-order valence-corrected chi connectivity index (χ2v) is 6.53. The minimum Gasteiger partial charge on any atom is -0.497 e. The number of carbonyl (C=O) groups is 1. The molecule has 148 valence electrons. The van der Waals surface area contributed by atoms with Crippen molar-refractivity contribution in [1.82, 2.24) is 0 Å². The Labute approximate surface area is 165 Å². The van der Waals surface area contributed by atoms with Gasteiger partial charge in [-0.1, -0.05) is 0 Å². The molecule has 0 saturated carbocycles. The van der Waals surface area contributed by atoms with Crippen LogP contribution >= 0.6 is 0 Å². The Kier molecular flexibility index (Phi) is 6.53. The van der Waals surface area contributed by atoms with E-state index < -0.39 is 0 Å². The third-order valence-corrected chi connectivity index (χ3v) is 4.81. The van der Waals surface area contributed by atoms with Crippen LogP contribution in [0.15, 0.2) is 47.5 Å². The zero-order valence-corrected chi connectivity index (χ0v) is 16.6. The molecule has 0 radical (unpaired) electrons. The minimum absolute atomic E-state index is 0.00922. The molecule has 6 nitrogen and oxygen atoms in total. The Bertz CT molecular complexity index is 846. The first-order valence-electron chi connectivity index (χ1n) is 9.36. The molecule has 1 aliphatic rings. The summed E-state index contributed by atoms with van der Waals surface area (Å²) >= 11 is 0. The molecule has 0 aromatic heterocycles. The molecule has 0 bridgehead atoms. The molecule has 28 heavy (non-hydrogen) atoms. The van der Waals surface area contributed by atoms with Crippen molar-refractivity contribution in [2.24, 2.45) is 4.99 Å². The molecule has 1 aliphatic heterocycles. The number of hydrogen-bond acceptors (Lipinski definition) is 6. The molecule has 1 heterocycles. The van der Waals surface area contributed by atoms with Gasteiger partial charge >= 0.3 is 0 Å². The van der Waals surface area contributed by atoms with Crippen LogP contribution in [0, 0.1) is 0 Å². The first-order valence-corrected chi connectivity index (χ1v) is 9.36. The standard InChI is InChI=1S/C22H26N2O4/c1-26-18-10-8-17(9-11-18)24(22-6-4-5-13-23-22)15-19(25)16-7-12-20(27-2)21(14-16)28-3/h7-12,14H,4-6,13,15H2,1-3H3. The number of amidine groups is 1. The van der Waals surface area contributed by atoms with Crippen molar-refractivity contribution in [3.05, 3.63) is 48.0 Å². The van der Waals surface area contributed by atoms with Gasteiger partial charge < -0.3 is 19.1 Å². The SMILES string of the molecule is COc1ccc(N(CC(=O)c2ccc(OC)c(OC)c2)C2=NCCCC2)cc1. The number of Topliss-reactive ketones (excluding diaryl/α,β-unsaturated/α-hetero) is 1. The number of benzene rings is 2. The van der Waals surface area contributed by atoms with Gasteiger partial charge in [0.15, 0.2) is 17.3 Å². The second kappa shape index (κ2) is 9.26. The largest absolute Gasteiger partial charge is 0.497 e. The predicted molar refractivity (Wildman–Crippen MR) is 110 cm³/mol. The highest BCUT2D eigenvalue weighted by Crippen LogP contribution is 2.28. The van der Waals surface area contributed by atoms with Gasteiger partial charge in [-0.2, -0.15) is 0 Å². The van der Waals surface area contributed by atoms with Crippen LogP contribution in [-0.2, 0) is 0 Å². The minimum atomic E-state index is -0.00922. The normalized spacial score (nSPS) is 13.5. The van der Waals surface area contributed by atoms with Gasteiger partial charge in [-0.3, -0.25) is 9.79 Å². The third kappa shape index (κ3) is 4.44. The van der Waals surface area contributed by atoms with Crippen LogP contribution in [0.25, 0.3) is 0 Å². The number of anilines is 1. The van der Waals surface area contributed by atoms with E-state index in [1.165, 1.54) is 0 Å². The highest BCUT2D eigenvalue weighted by atomic mass is 16.5. The van der Waals surface area contributed by atoms with Crippen LogP contribution in [-0.4, -0.2) is 46.0 Å². The van der Waals surface area contributed by atoms with Crippen LogP contribution in [0.1, 0.15) is 29.6 Å². The smallest absolute Gasteiger partial charge is 0.182 e. The van der Waals surface area contributed by atoms with Crippen molar-refractivity contribution in [2.75, 3.05) is 39.3 Å². The fourth-order valence-electron chi connectivity index (χ4n) is 3.24. The molecular formula is C22H26N2O4. The molecule has 0 N–H and O–H groups in total. The number of nitrogens with zero attached hydrogens (tertiary/aromatic N) is 2. The van der Waals surface area contributed by atoms with Crippen molar-refractivity contribution in [1.29, 1.82) is 0 Å². The lowest BCUT2D eigenvalue weighted by atomic mass is 10.1. The van der Waals surface area contributed by atoms with E-state index in [1.54, 1.807) is 39.5 Å². The molecule has 0 atom stereocenters. The highest BCUT2D eigenvalue weighted by Gasteiger charge is 2.21. The van der Waals surface area contributed by atoms with E-state index in [0.717, 1.165) is 43.1 Å². The average Bonchev–Trinajstić information content (AvgIpc) is 2.77. The number of methoxy groups -OCH3 is 3. The molecule has 0 spiro atoms. The van der Waals surface area contributed by atoms with Crippen LogP contribution < -0.4 is 19.1 Å².